The number of likely N-dealkylation sites (tertiary alicyclic amines) is 2. The standard InChI is InChI=1S/C25H33N5S2/c1-28-10-4-5-23(28)25-27-22(16-32-25)21-15-30(31)24-20(21)13-18(14-26-24)17-6-8-19(9-7-17)29-11-2-3-12-29/h13-17,19,23,31H,2-12H2,1H3/t17-,19+,23?. The van der Waals surface area contributed by atoms with Gasteiger partial charge in [0, 0.05) is 34.8 Å². The highest BCUT2D eigenvalue weighted by Gasteiger charge is 2.29. The second-order valence-electron chi connectivity index (χ2n) is 9.99. The normalized spacial score (nSPS) is 27.6. The van der Waals surface area contributed by atoms with Crippen LogP contribution in [0.5, 0.6) is 0 Å². The highest BCUT2D eigenvalue weighted by atomic mass is 32.1. The average molecular weight is 468 g/mol. The topological polar surface area (TPSA) is 37.2 Å². The third-order valence-corrected chi connectivity index (χ3v) is 9.33. The van der Waals surface area contributed by atoms with E-state index < -0.39 is 0 Å². The molecule has 1 aliphatic carbocycles. The van der Waals surface area contributed by atoms with Crippen molar-refractivity contribution in [2.75, 3.05) is 26.7 Å². The molecule has 0 bridgehead atoms. The van der Waals surface area contributed by atoms with Gasteiger partial charge in [0.05, 0.1) is 11.7 Å². The summed E-state index contributed by atoms with van der Waals surface area (Å²) < 4.78 is 1.86. The molecule has 32 heavy (non-hydrogen) atoms. The van der Waals surface area contributed by atoms with E-state index in [1.807, 2.05) is 3.97 Å². The van der Waals surface area contributed by atoms with Crippen molar-refractivity contribution in [1.82, 2.24) is 23.7 Å². The van der Waals surface area contributed by atoms with Crippen LogP contribution in [-0.2, 0) is 0 Å². The first-order valence-corrected chi connectivity index (χ1v) is 13.6. The van der Waals surface area contributed by atoms with Crippen LogP contribution < -0.4 is 0 Å². The van der Waals surface area contributed by atoms with Crippen LogP contribution in [0.3, 0.4) is 0 Å². The lowest BCUT2D eigenvalue weighted by molar-refractivity contribution is 0.182. The van der Waals surface area contributed by atoms with E-state index in [9.17, 15) is 0 Å². The Labute approximate surface area is 200 Å². The fourth-order valence-electron chi connectivity index (χ4n) is 6.20. The maximum Gasteiger partial charge on any atom is 0.150 e. The average Bonchev–Trinajstić information content (AvgIpc) is 3.61. The molecule has 0 radical (unpaired) electrons. The minimum atomic E-state index is 0.470. The van der Waals surface area contributed by atoms with Crippen molar-refractivity contribution < 1.29 is 0 Å². The number of hydrogen-bond donors (Lipinski definition) is 1. The summed E-state index contributed by atoms with van der Waals surface area (Å²) in [5, 5.41) is 4.65. The lowest BCUT2D eigenvalue weighted by Crippen LogP contribution is -2.35. The summed E-state index contributed by atoms with van der Waals surface area (Å²) in [7, 11) is 2.22. The maximum atomic E-state index is 5.07. The molecule has 3 aromatic heterocycles. The Morgan fingerprint density at radius 2 is 1.84 bits per heavy atom. The van der Waals surface area contributed by atoms with Crippen molar-refractivity contribution >= 4 is 35.2 Å². The van der Waals surface area contributed by atoms with Crippen molar-refractivity contribution in [2.45, 2.75) is 69.4 Å². The highest BCUT2D eigenvalue weighted by Crippen LogP contribution is 2.40. The number of rotatable bonds is 4. The molecule has 3 fully saturated rings. The Balaban J connectivity index is 1.26. The Morgan fingerprint density at radius 1 is 1.03 bits per heavy atom. The molecule has 5 nitrogen and oxygen atoms in total. The van der Waals surface area contributed by atoms with Crippen molar-refractivity contribution in [2.24, 2.45) is 0 Å². The molecule has 1 unspecified atom stereocenters. The van der Waals surface area contributed by atoms with E-state index in [1.165, 1.54) is 92.5 Å². The van der Waals surface area contributed by atoms with Gasteiger partial charge in [-0.15, -0.1) is 11.3 Å². The van der Waals surface area contributed by atoms with Crippen LogP contribution in [0, 0.1) is 0 Å². The van der Waals surface area contributed by atoms with Crippen LogP contribution in [0.4, 0.5) is 0 Å². The van der Waals surface area contributed by atoms with Gasteiger partial charge in [-0.05, 0) is 95.6 Å². The third kappa shape index (κ3) is 3.81. The number of nitrogens with zero attached hydrogens (tertiary/aromatic N) is 5. The molecule has 0 spiro atoms. The van der Waals surface area contributed by atoms with Crippen LogP contribution in [0.15, 0.2) is 23.8 Å². The second kappa shape index (κ2) is 8.75. The number of pyridine rings is 1. The van der Waals surface area contributed by atoms with Gasteiger partial charge in [0.1, 0.15) is 10.7 Å². The number of hydrogen-bond acceptors (Lipinski definition) is 6. The molecular weight excluding hydrogens is 434 g/mol. The van der Waals surface area contributed by atoms with Gasteiger partial charge in [0.15, 0.2) is 0 Å². The van der Waals surface area contributed by atoms with E-state index in [0.29, 0.717) is 12.0 Å². The van der Waals surface area contributed by atoms with E-state index in [-0.39, 0.29) is 0 Å². The minimum Gasteiger partial charge on any atom is -0.300 e. The van der Waals surface area contributed by atoms with Crippen molar-refractivity contribution in [3.8, 4) is 11.3 Å². The Hall–Kier alpha value is -1.41. The van der Waals surface area contributed by atoms with Gasteiger partial charge in [-0.1, -0.05) is 12.8 Å². The quantitative estimate of drug-likeness (QED) is 0.496. The lowest BCUT2D eigenvalue weighted by Gasteiger charge is -2.34. The van der Waals surface area contributed by atoms with Crippen LogP contribution in [-0.4, -0.2) is 56.5 Å². The zero-order valence-corrected chi connectivity index (χ0v) is 20.6. The molecule has 2 aliphatic heterocycles. The van der Waals surface area contributed by atoms with Crippen molar-refractivity contribution in [3.63, 3.8) is 0 Å². The van der Waals surface area contributed by atoms with Gasteiger partial charge in [-0.25, -0.2) is 9.97 Å². The van der Waals surface area contributed by atoms with Gasteiger partial charge >= 0.3 is 0 Å². The van der Waals surface area contributed by atoms with Crippen LogP contribution in [0.2, 0.25) is 0 Å². The van der Waals surface area contributed by atoms with Crippen LogP contribution in [0.1, 0.15) is 73.9 Å². The van der Waals surface area contributed by atoms with E-state index >= 15 is 0 Å². The first-order chi connectivity index (χ1) is 15.7. The molecule has 3 aromatic rings. The second-order valence-corrected chi connectivity index (χ2v) is 11.3. The number of thiazole rings is 1. The first-order valence-electron chi connectivity index (χ1n) is 12.3. The summed E-state index contributed by atoms with van der Waals surface area (Å²) >= 11 is 6.46. The summed E-state index contributed by atoms with van der Waals surface area (Å²) in [6, 6.07) is 3.66. The largest absolute Gasteiger partial charge is 0.300 e. The molecule has 2 saturated heterocycles. The predicted octanol–water partition coefficient (Wildman–Crippen LogP) is 5.74. The number of aromatic nitrogens is 3. The molecule has 5 heterocycles. The SMILES string of the molecule is CN1CCCC1c1nc(-c2cn(S)c3ncc([C@H]4CC[C@@H](N5CCCC5)CC4)cc23)cs1. The summed E-state index contributed by atoms with van der Waals surface area (Å²) in [5.74, 6) is 0.625. The molecule has 3 aliphatic rings. The summed E-state index contributed by atoms with van der Waals surface area (Å²) in [6.45, 7) is 3.80. The number of thiol groups is 1. The molecule has 1 saturated carbocycles. The Bertz CT molecular complexity index is 1090. The van der Waals surface area contributed by atoms with Crippen LogP contribution >= 0.6 is 24.2 Å². The van der Waals surface area contributed by atoms with Crippen molar-refractivity contribution in [1.29, 1.82) is 0 Å². The lowest BCUT2D eigenvalue weighted by atomic mass is 9.81. The maximum absolute atomic E-state index is 5.07. The molecule has 7 heteroatoms. The van der Waals surface area contributed by atoms with Crippen LogP contribution in [0.25, 0.3) is 22.3 Å². The van der Waals surface area contributed by atoms with Gasteiger partial charge < -0.3 is 4.90 Å². The summed E-state index contributed by atoms with van der Waals surface area (Å²) in [5.41, 5.74) is 4.56. The number of fused-ring (bicyclic) bond motifs is 1. The van der Waals surface area contributed by atoms with Crippen molar-refractivity contribution in [3.05, 3.63) is 34.4 Å². The van der Waals surface area contributed by atoms with E-state index in [1.54, 1.807) is 11.3 Å². The molecule has 1 atom stereocenters. The zero-order valence-electron chi connectivity index (χ0n) is 18.9. The van der Waals surface area contributed by atoms with E-state index in [2.05, 4.69) is 53.5 Å². The van der Waals surface area contributed by atoms with Gasteiger partial charge in [-0.3, -0.25) is 8.87 Å². The molecule has 0 aromatic carbocycles. The Morgan fingerprint density at radius 3 is 2.59 bits per heavy atom. The molecule has 6 rings (SSSR count). The van der Waals surface area contributed by atoms with E-state index in [0.717, 1.165) is 17.4 Å². The van der Waals surface area contributed by atoms with E-state index in [4.69, 9.17) is 9.97 Å². The smallest absolute Gasteiger partial charge is 0.150 e. The first kappa shape index (κ1) is 21.1. The summed E-state index contributed by atoms with van der Waals surface area (Å²) in [6.07, 6.45) is 14.6. The zero-order chi connectivity index (χ0) is 21.7. The molecular formula is C25H33N5S2. The fourth-order valence-corrected chi connectivity index (χ4v) is 7.50. The highest BCUT2D eigenvalue weighted by molar-refractivity contribution is 7.78. The fraction of sp³-hybridized carbons (Fsp3) is 0.600. The Kier molecular flexibility index (Phi) is 5.78. The minimum absolute atomic E-state index is 0.470. The molecule has 170 valence electrons. The molecule has 0 amide bonds. The monoisotopic (exact) mass is 467 g/mol. The molecule has 0 N–H and O–H groups in total. The third-order valence-electron chi connectivity index (χ3n) is 8.07. The van der Waals surface area contributed by atoms with Gasteiger partial charge in [-0.2, -0.15) is 0 Å². The predicted molar refractivity (Wildman–Crippen MR) is 136 cm³/mol. The van der Waals surface area contributed by atoms with Gasteiger partial charge in [0.2, 0.25) is 0 Å². The summed E-state index contributed by atoms with van der Waals surface area (Å²) in [4.78, 5) is 15.1. The van der Waals surface area contributed by atoms with Gasteiger partial charge in [0.25, 0.3) is 0 Å².